The molecule has 2 saturated heterocycles. The van der Waals surface area contributed by atoms with E-state index in [4.69, 9.17) is 9.47 Å². The molecule has 0 radical (unpaired) electrons. The molecule has 0 spiro atoms. The molecule has 2 nitrogen and oxygen atoms in total. The lowest BCUT2D eigenvalue weighted by molar-refractivity contribution is 0.407. The van der Waals surface area contributed by atoms with Gasteiger partial charge in [-0.1, -0.05) is 48.5 Å². The SMILES string of the molecule is c1ccc(-c2ccccc2CC2CO2)c(CC2CO2)c1. The summed E-state index contributed by atoms with van der Waals surface area (Å²) in [5.41, 5.74) is 5.47. The van der Waals surface area contributed by atoms with Crippen molar-refractivity contribution in [3.05, 3.63) is 59.7 Å². The highest BCUT2D eigenvalue weighted by Gasteiger charge is 2.26. The highest BCUT2D eigenvalue weighted by Crippen LogP contribution is 2.31. The molecular weight excluding hydrogens is 248 g/mol. The summed E-state index contributed by atoms with van der Waals surface area (Å²) < 4.78 is 10.8. The lowest BCUT2D eigenvalue weighted by Gasteiger charge is -2.13. The molecular formula is C18H18O2. The van der Waals surface area contributed by atoms with Crippen LogP contribution in [-0.4, -0.2) is 25.4 Å². The van der Waals surface area contributed by atoms with E-state index < -0.39 is 0 Å². The normalized spacial score (nSPS) is 23.6. The average molecular weight is 266 g/mol. The summed E-state index contributed by atoms with van der Waals surface area (Å²) in [4.78, 5) is 0. The topological polar surface area (TPSA) is 25.1 Å². The molecule has 0 aliphatic carbocycles. The third kappa shape index (κ3) is 2.62. The number of benzene rings is 2. The van der Waals surface area contributed by atoms with Crippen LogP contribution in [0.5, 0.6) is 0 Å². The fourth-order valence-electron chi connectivity index (χ4n) is 2.78. The first-order valence-electron chi connectivity index (χ1n) is 7.29. The van der Waals surface area contributed by atoms with E-state index in [2.05, 4.69) is 48.5 Å². The second kappa shape index (κ2) is 5.04. The van der Waals surface area contributed by atoms with Crippen LogP contribution in [0.3, 0.4) is 0 Å². The zero-order valence-electron chi connectivity index (χ0n) is 11.4. The molecule has 2 atom stereocenters. The van der Waals surface area contributed by atoms with E-state index in [1.54, 1.807) is 0 Å². The van der Waals surface area contributed by atoms with Gasteiger partial charge in [-0.25, -0.2) is 0 Å². The van der Waals surface area contributed by atoms with Crippen molar-refractivity contribution < 1.29 is 9.47 Å². The first kappa shape index (κ1) is 12.1. The van der Waals surface area contributed by atoms with E-state index in [-0.39, 0.29) is 0 Å². The van der Waals surface area contributed by atoms with Crippen LogP contribution in [0.15, 0.2) is 48.5 Å². The molecule has 2 aliphatic rings. The van der Waals surface area contributed by atoms with Crippen LogP contribution in [0.1, 0.15) is 11.1 Å². The highest BCUT2D eigenvalue weighted by molar-refractivity contribution is 5.71. The predicted octanol–water partition coefficient (Wildman–Crippen LogP) is 3.24. The van der Waals surface area contributed by atoms with Crippen LogP contribution < -0.4 is 0 Å². The number of epoxide rings is 2. The van der Waals surface area contributed by atoms with Gasteiger partial charge >= 0.3 is 0 Å². The Morgan fingerprint density at radius 2 is 1.10 bits per heavy atom. The molecule has 0 aromatic heterocycles. The fraction of sp³-hybridized carbons (Fsp3) is 0.333. The minimum Gasteiger partial charge on any atom is -0.373 e. The maximum absolute atomic E-state index is 5.39. The van der Waals surface area contributed by atoms with Crippen molar-refractivity contribution in [3.63, 3.8) is 0 Å². The summed E-state index contributed by atoms with van der Waals surface area (Å²) in [6, 6.07) is 17.4. The van der Waals surface area contributed by atoms with Crippen molar-refractivity contribution in [2.45, 2.75) is 25.0 Å². The monoisotopic (exact) mass is 266 g/mol. The van der Waals surface area contributed by atoms with E-state index in [1.807, 2.05) is 0 Å². The van der Waals surface area contributed by atoms with E-state index >= 15 is 0 Å². The van der Waals surface area contributed by atoms with Crippen LogP contribution in [0.25, 0.3) is 11.1 Å². The van der Waals surface area contributed by atoms with Gasteiger partial charge in [-0.05, 0) is 22.3 Å². The quantitative estimate of drug-likeness (QED) is 0.776. The summed E-state index contributed by atoms with van der Waals surface area (Å²) in [5.74, 6) is 0. The van der Waals surface area contributed by atoms with Gasteiger partial charge in [-0.15, -0.1) is 0 Å². The zero-order valence-corrected chi connectivity index (χ0v) is 11.4. The summed E-state index contributed by atoms with van der Waals surface area (Å²) in [5, 5.41) is 0. The maximum Gasteiger partial charge on any atom is 0.0850 e. The Hall–Kier alpha value is -1.64. The Labute approximate surface area is 119 Å². The molecule has 2 aliphatic heterocycles. The van der Waals surface area contributed by atoms with Crippen molar-refractivity contribution >= 4 is 0 Å². The van der Waals surface area contributed by atoms with Gasteiger partial charge in [0.1, 0.15) is 0 Å². The Balaban J connectivity index is 1.72. The van der Waals surface area contributed by atoms with Crippen molar-refractivity contribution in [1.29, 1.82) is 0 Å². The summed E-state index contributed by atoms with van der Waals surface area (Å²) in [6.45, 7) is 1.82. The van der Waals surface area contributed by atoms with E-state index in [0.29, 0.717) is 12.2 Å². The molecule has 0 amide bonds. The number of hydrogen-bond donors (Lipinski definition) is 0. The van der Waals surface area contributed by atoms with Crippen LogP contribution in [0.2, 0.25) is 0 Å². The second-order valence-corrected chi connectivity index (χ2v) is 5.63. The summed E-state index contributed by atoms with van der Waals surface area (Å²) >= 11 is 0. The Morgan fingerprint density at radius 1 is 0.700 bits per heavy atom. The van der Waals surface area contributed by atoms with Crippen LogP contribution in [0.4, 0.5) is 0 Å². The molecule has 20 heavy (non-hydrogen) atoms. The van der Waals surface area contributed by atoms with Gasteiger partial charge in [0.25, 0.3) is 0 Å². The molecule has 0 bridgehead atoms. The molecule has 2 aromatic carbocycles. The predicted molar refractivity (Wildman–Crippen MR) is 78.8 cm³/mol. The van der Waals surface area contributed by atoms with Gasteiger partial charge in [0, 0.05) is 12.8 Å². The molecule has 0 N–H and O–H groups in total. The van der Waals surface area contributed by atoms with Crippen LogP contribution in [0, 0.1) is 0 Å². The third-order valence-corrected chi connectivity index (χ3v) is 4.02. The van der Waals surface area contributed by atoms with Crippen molar-refractivity contribution in [1.82, 2.24) is 0 Å². The molecule has 2 aromatic rings. The lowest BCUT2D eigenvalue weighted by atomic mass is 9.92. The van der Waals surface area contributed by atoms with E-state index in [0.717, 1.165) is 26.1 Å². The van der Waals surface area contributed by atoms with Crippen molar-refractivity contribution in [2.24, 2.45) is 0 Å². The summed E-state index contributed by atoms with van der Waals surface area (Å²) in [6.07, 6.45) is 2.89. The van der Waals surface area contributed by atoms with Gasteiger partial charge in [0.05, 0.1) is 25.4 Å². The highest BCUT2D eigenvalue weighted by atomic mass is 16.6. The number of hydrogen-bond acceptors (Lipinski definition) is 2. The van der Waals surface area contributed by atoms with Crippen molar-refractivity contribution in [3.8, 4) is 11.1 Å². The standard InChI is InChI=1S/C18H18O2/c1-3-7-17(13(5-1)9-15-11-19-15)18-8-4-2-6-14(18)10-16-12-20-16/h1-8,15-16H,9-12H2. The van der Waals surface area contributed by atoms with Crippen molar-refractivity contribution in [2.75, 3.05) is 13.2 Å². The van der Waals surface area contributed by atoms with Gasteiger partial charge < -0.3 is 9.47 Å². The molecule has 2 unspecified atom stereocenters. The molecule has 2 fully saturated rings. The maximum atomic E-state index is 5.39. The Kier molecular flexibility index (Phi) is 3.06. The minimum absolute atomic E-state index is 0.426. The number of rotatable bonds is 5. The largest absolute Gasteiger partial charge is 0.373 e. The first-order valence-corrected chi connectivity index (χ1v) is 7.29. The second-order valence-electron chi connectivity index (χ2n) is 5.63. The molecule has 102 valence electrons. The minimum atomic E-state index is 0.426. The summed E-state index contributed by atoms with van der Waals surface area (Å²) in [7, 11) is 0. The molecule has 0 saturated carbocycles. The first-order chi connectivity index (χ1) is 9.90. The van der Waals surface area contributed by atoms with Gasteiger partial charge in [0.15, 0.2) is 0 Å². The number of ether oxygens (including phenoxy) is 2. The average Bonchev–Trinajstić information content (AvgIpc) is 3.36. The zero-order chi connectivity index (χ0) is 13.4. The Morgan fingerprint density at radius 3 is 1.50 bits per heavy atom. The molecule has 2 heterocycles. The van der Waals surface area contributed by atoms with E-state index in [9.17, 15) is 0 Å². The van der Waals surface area contributed by atoms with Crippen LogP contribution in [-0.2, 0) is 22.3 Å². The van der Waals surface area contributed by atoms with Gasteiger partial charge in [-0.2, -0.15) is 0 Å². The molecule has 4 rings (SSSR count). The van der Waals surface area contributed by atoms with E-state index in [1.165, 1.54) is 22.3 Å². The van der Waals surface area contributed by atoms with Gasteiger partial charge in [0.2, 0.25) is 0 Å². The fourth-order valence-corrected chi connectivity index (χ4v) is 2.78. The van der Waals surface area contributed by atoms with Gasteiger partial charge in [-0.3, -0.25) is 0 Å². The Bertz CT molecular complexity index is 557. The third-order valence-electron chi connectivity index (χ3n) is 4.02. The lowest BCUT2D eigenvalue weighted by Crippen LogP contribution is -2.00. The smallest absolute Gasteiger partial charge is 0.0850 e. The van der Waals surface area contributed by atoms with Crippen LogP contribution >= 0.6 is 0 Å². The molecule has 2 heteroatoms.